The van der Waals surface area contributed by atoms with Crippen molar-refractivity contribution >= 4 is 16.5 Å². The van der Waals surface area contributed by atoms with Crippen LogP contribution in [0.4, 0.5) is 5.13 Å². The summed E-state index contributed by atoms with van der Waals surface area (Å²) in [4.78, 5) is 8.65. The zero-order chi connectivity index (χ0) is 15.8. The molecule has 21 heavy (non-hydrogen) atoms. The Morgan fingerprint density at radius 1 is 1.29 bits per heavy atom. The number of nitrogens with one attached hydrogen (secondary N) is 1. The van der Waals surface area contributed by atoms with E-state index in [4.69, 9.17) is 9.72 Å². The number of thiazole rings is 1. The van der Waals surface area contributed by atoms with Gasteiger partial charge in [-0.3, -0.25) is 0 Å². The highest BCUT2D eigenvalue weighted by Gasteiger charge is 2.18. The van der Waals surface area contributed by atoms with Crippen molar-refractivity contribution in [2.24, 2.45) is 5.92 Å². The summed E-state index contributed by atoms with van der Waals surface area (Å²) in [5.74, 6) is 1.08. The minimum absolute atomic E-state index is 0.465. The molecule has 0 bridgehead atoms. The summed E-state index contributed by atoms with van der Waals surface area (Å²) < 4.78 is 5.25. The van der Waals surface area contributed by atoms with Gasteiger partial charge in [-0.15, -0.1) is 11.3 Å². The number of ether oxygens (including phenoxy) is 1. The van der Waals surface area contributed by atoms with E-state index < -0.39 is 0 Å². The zero-order valence-corrected chi connectivity index (χ0v) is 15.2. The molecule has 1 aromatic heterocycles. The Morgan fingerprint density at radius 3 is 2.52 bits per heavy atom. The third-order valence-corrected chi connectivity index (χ3v) is 4.35. The smallest absolute Gasteiger partial charge is 0.185 e. The molecule has 0 radical (unpaired) electrons. The van der Waals surface area contributed by atoms with E-state index in [2.05, 4.69) is 44.8 Å². The molecule has 5 heteroatoms. The largest absolute Gasteiger partial charge is 0.383 e. The molecule has 0 amide bonds. The fourth-order valence-corrected chi connectivity index (χ4v) is 3.43. The Kier molecular flexibility index (Phi) is 8.22. The molecular weight excluding hydrogens is 282 g/mol. The van der Waals surface area contributed by atoms with Gasteiger partial charge in [0, 0.05) is 31.6 Å². The third kappa shape index (κ3) is 5.93. The van der Waals surface area contributed by atoms with Gasteiger partial charge in [-0.2, -0.15) is 0 Å². The monoisotopic (exact) mass is 313 g/mol. The Bertz CT molecular complexity index is 404. The van der Waals surface area contributed by atoms with Crippen LogP contribution in [-0.2, 0) is 11.3 Å². The Balaban J connectivity index is 2.95. The van der Waals surface area contributed by atoms with Crippen LogP contribution in [0, 0.1) is 5.92 Å². The summed E-state index contributed by atoms with van der Waals surface area (Å²) in [5.41, 5.74) is 1.24. The maximum atomic E-state index is 5.25. The standard InChI is InChI=1S/C16H31N3OS/c1-7-17-10-14-15(13(4)5)18-16(21-14)19(8-9-20-6)11-12(2)3/h12-13,17H,7-11H2,1-6H3. The van der Waals surface area contributed by atoms with Crippen LogP contribution in [0.15, 0.2) is 0 Å². The lowest BCUT2D eigenvalue weighted by atomic mass is 10.1. The number of rotatable bonds is 10. The highest BCUT2D eigenvalue weighted by Crippen LogP contribution is 2.31. The lowest BCUT2D eigenvalue weighted by Crippen LogP contribution is -2.30. The van der Waals surface area contributed by atoms with Gasteiger partial charge in [-0.1, -0.05) is 34.6 Å². The first-order valence-corrected chi connectivity index (χ1v) is 8.75. The van der Waals surface area contributed by atoms with Crippen LogP contribution in [0.1, 0.15) is 51.1 Å². The summed E-state index contributed by atoms with van der Waals surface area (Å²) in [6.45, 7) is 15.6. The predicted octanol–water partition coefficient (Wildman–Crippen LogP) is 3.48. The molecule has 0 aliphatic heterocycles. The number of methoxy groups -OCH3 is 1. The molecule has 0 saturated carbocycles. The topological polar surface area (TPSA) is 37.4 Å². The minimum Gasteiger partial charge on any atom is -0.383 e. The predicted molar refractivity (Wildman–Crippen MR) is 92.5 cm³/mol. The van der Waals surface area contributed by atoms with Crippen molar-refractivity contribution in [3.8, 4) is 0 Å². The van der Waals surface area contributed by atoms with E-state index in [1.54, 1.807) is 7.11 Å². The summed E-state index contributed by atoms with van der Waals surface area (Å²) in [6.07, 6.45) is 0. The van der Waals surface area contributed by atoms with Crippen molar-refractivity contribution < 1.29 is 4.74 Å². The second-order valence-corrected chi connectivity index (χ2v) is 7.13. The molecule has 0 unspecified atom stereocenters. The Morgan fingerprint density at radius 2 is 2.00 bits per heavy atom. The summed E-state index contributed by atoms with van der Waals surface area (Å²) in [7, 11) is 1.76. The Labute approximate surface area is 133 Å². The average molecular weight is 314 g/mol. The fourth-order valence-electron chi connectivity index (χ4n) is 2.21. The minimum atomic E-state index is 0.465. The normalized spacial score (nSPS) is 11.6. The van der Waals surface area contributed by atoms with Gasteiger partial charge >= 0.3 is 0 Å². The van der Waals surface area contributed by atoms with E-state index in [0.717, 1.165) is 37.9 Å². The molecule has 1 rings (SSSR count). The van der Waals surface area contributed by atoms with Crippen LogP contribution in [0.2, 0.25) is 0 Å². The average Bonchev–Trinajstić information content (AvgIpc) is 2.85. The van der Waals surface area contributed by atoms with Gasteiger partial charge in [0.25, 0.3) is 0 Å². The lowest BCUT2D eigenvalue weighted by molar-refractivity contribution is 0.204. The van der Waals surface area contributed by atoms with Crippen LogP contribution in [-0.4, -0.2) is 38.3 Å². The summed E-state index contributed by atoms with van der Waals surface area (Å²) in [5, 5.41) is 4.56. The van der Waals surface area contributed by atoms with E-state index in [9.17, 15) is 0 Å². The van der Waals surface area contributed by atoms with Gasteiger partial charge in [-0.05, 0) is 18.4 Å². The molecule has 1 aromatic rings. The van der Waals surface area contributed by atoms with E-state index in [0.29, 0.717) is 11.8 Å². The van der Waals surface area contributed by atoms with Crippen molar-refractivity contribution in [1.29, 1.82) is 0 Å². The maximum absolute atomic E-state index is 5.25. The van der Waals surface area contributed by atoms with E-state index in [1.165, 1.54) is 10.6 Å². The van der Waals surface area contributed by atoms with Gasteiger partial charge in [-0.25, -0.2) is 4.98 Å². The van der Waals surface area contributed by atoms with Crippen molar-refractivity contribution in [2.45, 2.75) is 47.1 Å². The van der Waals surface area contributed by atoms with Crippen LogP contribution < -0.4 is 10.2 Å². The lowest BCUT2D eigenvalue weighted by Gasteiger charge is -2.23. The van der Waals surface area contributed by atoms with E-state index in [-0.39, 0.29) is 0 Å². The first-order valence-electron chi connectivity index (χ1n) is 7.93. The van der Waals surface area contributed by atoms with Crippen LogP contribution >= 0.6 is 11.3 Å². The SMILES string of the molecule is CCNCc1sc(N(CCOC)CC(C)C)nc1C(C)C. The zero-order valence-electron chi connectivity index (χ0n) is 14.4. The molecule has 122 valence electrons. The molecular formula is C16H31N3OS. The molecule has 0 aliphatic rings. The van der Waals surface area contributed by atoms with Gasteiger partial charge in [0.1, 0.15) is 0 Å². The highest BCUT2D eigenvalue weighted by atomic mass is 32.1. The first kappa shape index (κ1) is 18.4. The molecule has 0 saturated heterocycles. The molecule has 0 fully saturated rings. The second kappa shape index (κ2) is 9.38. The molecule has 4 nitrogen and oxygen atoms in total. The molecule has 0 aliphatic carbocycles. The molecule has 1 heterocycles. The quantitative estimate of drug-likeness (QED) is 0.717. The number of hydrogen-bond donors (Lipinski definition) is 1. The fraction of sp³-hybridized carbons (Fsp3) is 0.812. The van der Waals surface area contributed by atoms with Crippen LogP contribution in [0.25, 0.3) is 0 Å². The van der Waals surface area contributed by atoms with Crippen LogP contribution in [0.3, 0.4) is 0 Å². The number of aromatic nitrogens is 1. The molecule has 0 atom stereocenters. The van der Waals surface area contributed by atoms with Crippen molar-refractivity contribution in [3.63, 3.8) is 0 Å². The second-order valence-electron chi connectivity index (χ2n) is 6.07. The van der Waals surface area contributed by atoms with Gasteiger partial charge in [0.2, 0.25) is 0 Å². The van der Waals surface area contributed by atoms with E-state index >= 15 is 0 Å². The number of nitrogens with zero attached hydrogens (tertiary/aromatic N) is 2. The molecule has 0 aromatic carbocycles. The van der Waals surface area contributed by atoms with Crippen molar-refractivity contribution in [1.82, 2.24) is 10.3 Å². The molecule has 0 spiro atoms. The molecule has 1 N–H and O–H groups in total. The summed E-state index contributed by atoms with van der Waals surface area (Å²) in [6, 6.07) is 0. The van der Waals surface area contributed by atoms with Gasteiger partial charge < -0.3 is 15.0 Å². The van der Waals surface area contributed by atoms with E-state index in [1.807, 2.05) is 11.3 Å². The number of hydrogen-bond acceptors (Lipinski definition) is 5. The Hall–Kier alpha value is -0.650. The first-order chi connectivity index (χ1) is 9.99. The number of anilines is 1. The van der Waals surface area contributed by atoms with Crippen molar-refractivity contribution in [2.75, 3.05) is 38.3 Å². The van der Waals surface area contributed by atoms with Gasteiger partial charge in [0.15, 0.2) is 5.13 Å². The maximum Gasteiger partial charge on any atom is 0.185 e. The highest BCUT2D eigenvalue weighted by molar-refractivity contribution is 7.15. The summed E-state index contributed by atoms with van der Waals surface area (Å²) >= 11 is 1.83. The van der Waals surface area contributed by atoms with Crippen molar-refractivity contribution in [3.05, 3.63) is 10.6 Å². The van der Waals surface area contributed by atoms with Crippen LogP contribution in [0.5, 0.6) is 0 Å². The third-order valence-electron chi connectivity index (χ3n) is 3.22. The van der Waals surface area contributed by atoms with Gasteiger partial charge in [0.05, 0.1) is 12.3 Å².